The Labute approximate surface area is 156 Å². The Hall–Kier alpha value is -1.08. The van der Waals surface area contributed by atoms with Crippen LogP contribution in [0.3, 0.4) is 0 Å². The number of ether oxygens (including phenoxy) is 1. The second kappa shape index (κ2) is 7.07. The lowest BCUT2D eigenvalue weighted by molar-refractivity contribution is -0.204. The van der Waals surface area contributed by atoms with Crippen LogP contribution in [0.1, 0.15) is 20.1 Å². The van der Waals surface area contributed by atoms with E-state index < -0.39 is 67.2 Å². The molecule has 0 radical (unpaired) electrons. The molecule has 5 atom stereocenters. The lowest BCUT2D eigenvalue weighted by Gasteiger charge is -2.41. The number of aliphatic hydroxyl groups excluding tert-OH is 1. The van der Waals surface area contributed by atoms with Gasteiger partial charge in [-0.25, -0.2) is 18.0 Å². The van der Waals surface area contributed by atoms with Crippen molar-refractivity contribution in [3.8, 4) is 0 Å². The fourth-order valence-corrected chi connectivity index (χ4v) is 5.41. The minimum absolute atomic E-state index is 0.428. The third kappa shape index (κ3) is 3.53. The van der Waals surface area contributed by atoms with E-state index in [1.165, 1.54) is 0 Å². The van der Waals surface area contributed by atoms with Gasteiger partial charge in [-0.3, -0.25) is 9.09 Å². The molecule has 0 saturated carbocycles. The van der Waals surface area contributed by atoms with Gasteiger partial charge in [0.05, 0.1) is 18.9 Å². The molecular formula is C13H17F3N3O6PS. The van der Waals surface area contributed by atoms with Crippen molar-refractivity contribution in [2.75, 3.05) is 12.3 Å². The van der Waals surface area contributed by atoms with Crippen molar-refractivity contribution in [3.05, 3.63) is 22.5 Å². The van der Waals surface area contributed by atoms with Gasteiger partial charge >= 0.3 is 12.4 Å². The van der Waals surface area contributed by atoms with Crippen molar-refractivity contribution in [2.45, 2.75) is 50.4 Å². The van der Waals surface area contributed by atoms with Crippen LogP contribution in [0.5, 0.6) is 0 Å². The van der Waals surface area contributed by atoms with E-state index in [1.807, 2.05) is 0 Å². The minimum Gasteiger partial charge on any atom is -0.386 e. The van der Waals surface area contributed by atoms with Crippen LogP contribution in [0.15, 0.2) is 11.0 Å². The smallest absolute Gasteiger partial charge is 0.351 e. The zero-order valence-electron chi connectivity index (χ0n) is 14.1. The van der Waals surface area contributed by atoms with Gasteiger partial charge in [0.1, 0.15) is 12.2 Å². The van der Waals surface area contributed by atoms with Crippen LogP contribution in [-0.4, -0.2) is 51.6 Å². The molecule has 0 bridgehead atoms. The molecule has 1 aromatic rings. The van der Waals surface area contributed by atoms with E-state index in [-0.39, 0.29) is 0 Å². The lowest BCUT2D eigenvalue weighted by Crippen LogP contribution is -2.56. The van der Waals surface area contributed by atoms with Gasteiger partial charge in [0.15, 0.2) is 23.5 Å². The van der Waals surface area contributed by atoms with E-state index in [9.17, 15) is 23.1 Å². The van der Waals surface area contributed by atoms with Crippen molar-refractivity contribution in [1.82, 2.24) is 9.55 Å². The molecule has 9 nitrogen and oxygen atoms in total. The van der Waals surface area contributed by atoms with Gasteiger partial charge in [-0.05, 0) is 25.7 Å². The molecule has 2 aliphatic heterocycles. The summed E-state index contributed by atoms with van der Waals surface area (Å²) in [4.78, 5) is 15.2. The number of anilines is 1. The second-order valence-corrected chi connectivity index (χ2v) is 9.24. The molecule has 152 valence electrons. The van der Waals surface area contributed by atoms with E-state index in [1.54, 1.807) is 13.8 Å². The first-order valence-electron chi connectivity index (χ1n) is 7.78. The third-order valence-electron chi connectivity index (χ3n) is 4.03. The van der Waals surface area contributed by atoms with Gasteiger partial charge in [0, 0.05) is 0 Å². The first kappa shape index (κ1) is 20.6. The average Bonchev–Trinajstić information content (AvgIpc) is 2.84. The SMILES string of the molecule is CC(C)OP1(=S)OC[C@]2(C(F)F)O[C@H](n3cc(F)c(N)nc3=O)[C@@H](O)[C@H]2O1. The minimum atomic E-state index is -3.44. The molecule has 0 aliphatic carbocycles. The molecule has 27 heavy (non-hydrogen) atoms. The Bertz CT molecular complexity index is 842. The Morgan fingerprint density at radius 3 is 2.81 bits per heavy atom. The third-order valence-corrected chi connectivity index (χ3v) is 6.48. The van der Waals surface area contributed by atoms with Crippen molar-refractivity contribution in [3.63, 3.8) is 0 Å². The Balaban J connectivity index is 2.00. The Kier molecular flexibility index (Phi) is 5.40. The number of nitrogens with zero attached hydrogens (tertiary/aromatic N) is 2. The summed E-state index contributed by atoms with van der Waals surface area (Å²) in [5.74, 6) is -1.76. The van der Waals surface area contributed by atoms with Crippen LogP contribution >= 0.6 is 6.72 Å². The van der Waals surface area contributed by atoms with Crippen LogP contribution < -0.4 is 11.4 Å². The monoisotopic (exact) mass is 431 g/mol. The fraction of sp³-hybridized carbons (Fsp3) is 0.692. The molecule has 2 saturated heterocycles. The van der Waals surface area contributed by atoms with Crippen LogP contribution in [0, 0.1) is 5.82 Å². The molecule has 1 unspecified atom stereocenters. The molecule has 2 fully saturated rings. The zero-order chi connectivity index (χ0) is 20.1. The Morgan fingerprint density at radius 1 is 1.56 bits per heavy atom. The maximum absolute atomic E-state index is 13.8. The van der Waals surface area contributed by atoms with Crippen molar-refractivity contribution in [2.24, 2.45) is 0 Å². The molecule has 0 aromatic carbocycles. The van der Waals surface area contributed by atoms with Gasteiger partial charge < -0.3 is 24.6 Å². The van der Waals surface area contributed by atoms with E-state index in [4.69, 9.17) is 35.8 Å². The number of aromatic nitrogens is 2. The highest BCUT2D eigenvalue weighted by atomic mass is 32.5. The summed E-state index contributed by atoms with van der Waals surface area (Å²) in [5.41, 5.74) is 1.68. The van der Waals surface area contributed by atoms with E-state index in [0.29, 0.717) is 10.8 Å². The standard InChI is InChI=1S/C13H17F3N3O6PS/c1-5(2)24-26(27)22-4-13(11(15)16)8(25-26)7(20)10(23-13)19-3-6(14)9(17)18-12(19)21/h3,5,7-8,10-11,20H,4H2,1-2H3,(H2,17,18,21)/t7-,8+,10-,13-,26?/m0/s1. The molecule has 3 rings (SSSR count). The average molecular weight is 431 g/mol. The van der Waals surface area contributed by atoms with Gasteiger partial charge in [0.2, 0.25) is 0 Å². The molecule has 2 aliphatic rings. The van der Waals surface area contributed by atoms with Crippen molar-refractivity contribution < 1.29 is 36.6 Å². The van der Waals surface area contributed by atoms with E-state index >= 15 is 0 Å². The number of halogens is 3. The molecule has 3 N–H and O–H groups in total. The second-order valence-electron chi connectivity index (χ2n) is 6.32. The maximum Gasteiger partial charge on any atom is 0.351 e. The molecule has 1 aromatic heterocycles. The van der Waals surface area contributed by atoms with Gasteiger partial charge in [-0.1, -0.05) is 0 Å². The predicted octanol–water partition coefficient (Wildman–Crippen LogP) is 0.923. The normalized spacial score (nSPS) is 36.4. The molecule has 3 heterocycles. The van der Waals surface area contributed by atoms with Crippen molar-refractivity contribution in [1.29, 1.82) is 0 Å². The largest absolute Gasteiger partial charge is 0.386 e. The van der Waals surface area contributed by atoms with E-state index in [2.05, 4.69) is 4.98 Å². The summed E-state index contributed by atoms with van der Waals surface area (Å²) < 4.78 is 63.2. The fourth-order valence-electron chi connectivity index (χ4n) is 2.83. The number of nitrogens with two attached hydrogens (primary N) is 1. The summed E-state index contributed by atoms with van der Waals surface area (Å²) in [6.07, 6.45) is -8.19. The van der Waals surface area contributed by atoms with E-state index in [0.717, 1.165) is 0 Å². The quantitative estimate of drug-likeness (QED) is 0.671. The van der Waals surface area contributed by atoms with Crippen LogP contribution in [0.4, 0.5) is 19.0 Å². The molecule has 14 heteroatoms. The first-order chi connectivity index (χ1) is 12.5. The summed E-state index contributed by atoms with van der Waals surface area (Å²) in [7, 11) is 0. The number of fused-ring (bicyclic) bond motifs is 1. The van der Waals surface area contributed by atoms with Gasteiger partial charge in [-0.2, -0.15) is 4.98 Å². The number of hydrogen-bond donors (Lipinski definition) is 2. The number of nitrogen functional groups attached to an aromatic ring is 1. The Morgan fingerprint density at radius 2 is 2.22 bits per heavy atom. The van der Waals surface area contributed by atoms with Crippen LogP contribution in [-0.2, 0) is 30.1 Å². The zero-order valence-corrected chi connectivity index (χ0v) is 15.8. The van der Waals surface area contributed by atoms with Crippen molar-refractivity contribution >= 4 is 24.3 Å². The number of hydrogen-bond acceptors (Lipinski definition) is 9. The number of alkyl halides is 2. The number of rotatable bonds is 4. The highest BCUT2D eigenvalue weighted by Gasteiger charge is 2.66. The highest BCUT2D eigenvalue weighted by molar-refractivity contribution is 8.07. The van der Waals surface area contributed by atoms with Crippen LogP contribution in [0.2, 0.25) is 0 Å². The number of aliphatic hydroxyl groups is 1. The molecule has 0 amide bonds. The lowest BCUT2D eigenvalue weighted by atomic mass is 9.96. The topological polar surface area (TPSA) is 118 Å². The summed E-state index contributed by atoms with van der Waals surface area (Å²) in [6.45, 7) is -0.904. The summed E-state index contributed by atoms with van der Waals surface area (Å²) >= 11 is 5.14. The van der Waals surface area contributed by atoms with Crippen LogP contribution in [0.25, 0.3) is 0 Å². The van der Waals surface area contributed by atoms with Gasteiger partial charge in [0.25, 0.3) is 6.43 Å². The summed E-state index contributed by atoms with van der Waals surface area (Å²) in [5, 5.41) is 10.5. The predicted molar refractivity (Wildman–Crippen MR) is 89.1 cm³/mol. The maximum atomic E-state index is 13.8. The first-order valence-corrected chi connectivity index (χ1v) is 10.3. The molecule has 0 spiro atoms. The molecular weight excluding hydrogens is 414 g/mol. The highest BCUT2D eigenvalue weighted by Crippen LogP contribution is 2.61. The summed E-state index contributed by atoms with van der Waals surface area (Å²) in [6, 6.07) is 0. The van der Waals surface area contributed by atoms with Gasteiger partial charge in [-0.15, -0.1) is 0 Å².